The van der Waals surface area contributed by atoms with Gasteiger partial charge in [-0.1, -0.05) is 12.8 Å². The molecule has 0 aliphatic carbocycles. The van der Waals surface area contributed by atoms with Crippen LogP contribution in [0.1, 0.15) is 25.7 Å². The monoisotopic (exact) mass is 393 g/mol. The summed E-state index contributed by atoms with van der Waals surface area (Å²) in [7, 11) is 6.73. The van der Waals surface area contributed by atoms with Crippen LogP contribution in [0.25, 0.3) is 11.2 Å². The molecule has 0 unspecified atom stereocenters. The van der Waals surface area contributed by atoms with Gasteiger partial charge in [0.05, 0.1) is 12.7 Å². The molecule has 0 aliphatic rings. The molecule has 0 radical (unpaired) electrons. The van der Waals surface area contributed by atoms with E-state index in [1.807, 2.05) is 16.5 Å². The maximum atomic E-state index is 12.3. The molecule has 0 bridgehead atoms. The minimum absolute atomic E-state index is 0.299. The molecule has 0 saturated carbocycles. The van der Waals surface area contributed by atoms with Gasteiger partial charge in [-0.2, -0.15) is 0 Å². The zero-order valence-electron chi connectivity index (χ0n) is 17.1. The number of unbranched alkanes of at least 4 members (excludes halogenated alkanes) is 3. The number of hydrogen-bond donors (Lipinski definition) is 3. The zero-order valence-corrected chi connectivity index (χ0v) is 17.1. The van der Waals surface area contributed by atoms with E-state index in [9.17, 15) is 9.59 Å². The van der Waals surface area contributed by atoms with Gasteiger partial charge in [-0.15, -0.1) is 0 Å². The van der Waals surface area contributed by atoms with E-state index in [0.29, 0.717) is 23.7 Å². The fourth-order valence-corrected chi connectivity index (χ4v) is 2.84. The van der Waals surface area contributed by atoms with Crippen LogP contribution >= 0.6 is 0 Å². The van der Waals surface area contributed by atoms with Crippen LogP contribution in [0.2, 0.25) is 0 Å². The second-order valence-corrected chi connectivity index (χ2v) is 6.40. The van der Waals surface area contributed by atoms with Crippen molar-refractivity contribution in [3.8, 4) is 0 Å². The first kappa shape index (κ1) is 22.9. The average Bonchev–Trinajstić information content (AvgIpc) is 3.11. The molecule has 2 aromatic rings. The third kappa shape index (κ3) is 5.44. The first-order valence-electron chi connectivity index (χ1n) is 9.05. The number of nitrogens with zero attached hydrogens (tertiary/aromatic N) is 6. The second-order valence-electron chi connectivity index (χ2n) is 6.40. The molecule has 2 heterocycles. The van der Waals surface area contributed by atoms with E-state index in [-0.39, 0.29) is 11.2 Å². The van der Waals surface area contributed by atoms with Gasteiger partial charge in [0.25, 0.3) is 5.56 Å². The standard InChI is InChI=1S/C16H27N7O2.CH4N2/c1-18-15(17)20(2)9-7-5-6-8-10-23-11-19-13-12(23)14(24)22(4)16(25)21(13)3;2-1-3/h11H,5-10H2,1-4H3,(H2,17,18);1H,(H3,2,3). The third-order valence-electron chi connectivity index (χ3n) is 4.48. The largest absolute Gasteiger partial charge is 0.390 e. The molecule has 0 spiro atoms. The van der Waals surface area contributed by atoms with Gasteiger partial charge in [0, 0.05) is 41.3 Å². The molecule has 156 valence electrons. The lowest BCUT2D eigenvalue weighted by Gasteiger charge is -2.17. The number of aromatic nitrogens is 4. The highest BCUT2D eigenvalue weighted by Crippen LogP contribution is 2.09. The first-order chi connectivity index (χ1) is 13.3. The van der Waals surface area contributed by atoms with Crippen molar-refractivity contribution in [1.29, 1.82) is 5.41 Å². The smallest absolute Gasteiger partial charge is 0.332 e. The summed E-state index contributed by atoms with van der Waals surface area (Å²) in [5, 5.41) is 5.86. The molecule has 11 heteroatoms. The lowest BCUT2D eigenvalue weighted by atomic mass is 10.2. The number of guanidine groups is 1. The van der Waals surface area contributed by atoms with Crippen molar-refractivity contribution in [1.82, 2.24) is 23.6 Å². The molecule has 11 nitrogen and oxygen atoms in total. The highest BCUT2D eigenvalue weighted by atomic mass is 16.2. The second kappa shape index (κ2) is 10.9. The summed E-state index contributed by atoms with van der Waals surface area (Å²) in [6.07, 6.45) is 6.48. The van der Waals surface area contributed by atoms with Crippen LogP contribution in [-0.4, -0.2) is 56.5 Å². The van der Waals surface area contributed by atoms with E-state index < -0.39 is 0 Å². The fraction of sp³-hybridized carbons (Fsp3) is 0.588. The normalized spacial score (nSPS) is 11.2. The maximum Gasteiger partial charge on any atom is 0.332 e. The van der Waals surface area contributed by atoms with Gasteiger partial charge in [0.2, 0.25) is 0 Å². The van der Waals surface area contributed by atoms with E-state index >= 15 is 0 Å². The van der Waals surface area contributed by atoms with Crippen LogP contribution in [0.4, 0.5) is 0 Å². The molecule has 0 fully saturated rings. The van der Waals surface area contributed by atoms with E-state index in [4.69, 9.17) is 11.1 Å². The number of hydrogen-bond acceptors (Lipinski definition) is 5. The Morgan fingerprint density at radius 2 is 1.86 bits per heavy atom. The SMILES string of the molecule is CN=C(N)N(C)CCCCCCn1cnc2c1c(=O)n(C)c(=O)n2C.N=CN. The number of fused-ring (bicyclic) bond motifs is 1. The Bertz CT molecular complexity index is 923. The summed E-state index contributed by atoms with van der Waals surface area (Å²) >= 11 is 0. The van der Waals surface area contributed by atoms with Crippen LogP contribution in [-0.2, 0) is 20.6 Å². The van der Waals surface area contributed by atoms with Crippen molar-refractivity contribution in [2.45, 2.75) is 32.2 Å². The Balaban J connectivity index is 0.00000122. The Hall–Kier alpha value is -3.11. The average molecular weight is 393 g/mol. The molecule has 28 heavy (non-hydrogen) atoms. The third-order valence-corrected chi connectivity index (χ3v) is 4.48. The Morgan fingerprint density at radius 1 is 1.25 bits per heavy atom. The lowest BCUT2D eigenvalue weighted by molar-refractivity contribution is 0.459. The van der Waals surface area contributed by atoms with E-state index in [2.05, 4.69) is 15.7 Å². The summed E-state index contributed by atoms with van der Waals surface area (Å²) in [6.45, 7) is 1.58. The topological polar surface area (TPSA) is 153 Å². The molecule has 2 aromatic heterocycles. The highest BCUT2D eigenvalue weighted by molar-refractivity contribution is 5.77. The summed E-state index contributed by atoms with van der Waals surface area (Å²) < 4.78 is 4.36. The molecular weight excluding hydrogens is 362 g/mol. The Morgan fingerprint density at radius 3 is 2.46 bits per heavy atom. The van der Waals surface area contributed by atoms with Crippen molar-refractivity contribution < 1.29 is 0 Å². The minimum Gasteiger partial charge on any atom is -0.390 e. The predicted octanol–water partition coefficient (Wildman–Crippen LogP) is -0.577. The number of nitrogens with one attached hydrogen (secondary N) is 1. The van der Waals surface area contributed by atoms with Gasteiger partial charge in [-0.3, -0.25) is 24.3 Å². The van der Waals surface area contributed by atoms with Crippen LogP contribution in [0, 0.1) is 5.41 Å². The van der Waals surface area contributed by atoms with Gasteiger partial charge in [0.15, 0.2) is 17.1 Å². The molecule has 0 atom stereocenters. The molecule has 5 N–H and O–H groups in total. The van der Waals surface area contributed by atoms with Crippen molar-refractivity contribution in [3.05, 3.63) is 27.2 Å². The summed E-state index contributed by atoms with van der Waals surface area (Å²) in [5.41, 5.74) is 10.4. The van der Waals surface area contributed by atoms with Crippen LogP contribution in [0.3, 0.4) is 0 Å². The first-order valence-corrected chi connectivity index (χ1v) is 9.05. The van der Waals surface area contributed by atoms with Crippen molar-refractivity contribution in [2.24, 2.45) is 30.6 Å². The number of imidazole rings is 1. The quantitative estimate of drug-likeness (QED) is 0.325. The molecule has 0 aromatic carbocycles. The van der Waals surface area contributed by atoms with Gasteiger partial charge in [0.1, 0.15) is 0 Å². The molecule has 2 rings (SSSR count). The highest BCUT2D eigenvalue weighted by Gasteiger charge is 2.13. The fourth-order valence-electron chi connectivity index (χ4n) is 2.84. The molecule has 0 saturated heterocycles. The molecule has 0 amide bonds. The zero-order chi connectivity index (χ0) is 21.3. The number of aryl methyl sites for hydroxylation is 2. The number of nitrogens with two attached hydrogens (primary N) is 2. The number of rotatable bonds is 7. The summed E-state index contributed by atoms with van der Waals surface area (Å²) in [6, 6.07) is 0. The van der Waals surface area contributed by atoms with Crippen molar-refractivity contribution in [3.63, 3.8) is 0 Å². The van der Waals surface area contributed by atoms with Gasteiger partial charge >= 0.3 is 5.69 Å². The Kier molecular flexibility index (Phi) is 8.93. The number of aliphatic imine (C=N–C) groups is 1. The minimum atomic E-state index is -0.359. The maximum absolute atomic E-state index is 12.3. The van der Waals surface area contributed by atoms with Gasteiger partial charge < -0.3 is 20.9 Å². The van der Waals surface area contributed by atoms with E-state index in [1.54, 1.807) is 20.4 Å². The van der Waals surface area contributed by atoms with Gasteiger partial charge in [-0.25, -0.2) is 9.78 Å². The van der Waals surface area contributed by atoms with Gasteiger partial charge in [-0.05, 0) is 12.8 Å². The van der Waals surface area contributed by atoms with Crippen molar-refractivity contribution >= 4 is 23.5 Å². The molecule has 0 aliphatic heterocycles. The van der Waals surface area contributed by atoms with E-state index in [0.717, 1.165) is 43.1 Å². The summed E-state index contributed by atoms with van der Waals surface area (Å²) in [5.74, 6) is 0.548. The van der Waals surface area contributed by atoms with Crippen LogP contribution < -0.4 is 22.7 Å². The van der Waals surface area contributed by atoms with Crippen LogP contribution in [0.5, 0.6) is 0 Å². The van der Waals surface area contributed by atoms with E-state index in [1.165, 1.54) is 11.6 Å². The van der Waals surface area contributed by atoms with Crippen molar-refractivity contribution in [2.75, 3.05) is 20.6 Å². The molecular formula is C17H31N9O2. The van der Waals surface area contributed by atoms with Crippen LogP contribution in [0.15, 0.2) is 20.9 Å². The summed E-state index contributed by atoms with van der Waals surface area (Å²) in [4.78, 5) is 34.4. The predicted molar refractivity (Wildman–Crippen MR) is 112 cm³/mol. The lowest BCUT2D eigenvalue weighted by Crippen LogP contribution is -2.37. The Labute approximate surface area is 163 Å².